The largest absolute Gasteiger partial charge is 0.482 e. The summed E-state index contributed by atoms with van der Waals surface area (Å²) in [5, 5.41) is 2.07. The topological polar surface area (TPSA) is 84.5 Å². The summed E-state index contributed by atoms with van der Waals surface area (Å²) in [6.07, 6.45) is -4.31. The van der Waals surface area contributed by atoms with Gasteiger partial charge in [-0.15, -0.1) is 0 Å². The Morgan fingerprint density at radius 3 is 2.47 bits per heavy atom. The van der Waals surface area contributed by atoms with E-state index in [4.69, 9.17) is 16.3 Å². The molecule has 2 rings (SSSR count). The van der Waals surface area contributed by atoms with Crippen LogP contribution >= 0.6 is 11.6 Å². The summed E-state index contributed by atoms with van der Waals surface area (Å²) in [7, 11) is -3.75. The van der Waals surface area contributed by atoms with Gasteiger partial charge in [0.05, 0.1) is 15.5 Å². The second-order valence-electron chi connectivity index (χ2n) is 6.02. The maximum absolute atomic E-state index is 13.3. The Morgan fingerprint density at radius 2 is 1.87 bits per heavy atom. The lowest BCUT2D eigenvalue weighted by molar-refractivity contribution is -0.140. The number of amides is 1. The van der Waals surface area contributed by atoms with Crippen LogP contribution in [0.1, 0.15) is 18.9 Å². The summed E-state index contributed by atoms with van der Waals surface area (Å²) in [5.74, 6) is -2.30. The zero-order valence-corrected chi connectivity index (χ0v) is 17.1. The number of carbonyl (C=O) groups is 1. The number of rotatable bonds is 8. The summed E-state index contributed by atoms with van der Waals surface area (Å²) in [4.78, 5) is 11.8. The molecule has 0 spiro atoms. The van der Waals surface area contributed by atoms with Gasteiger partial charge in [0.15, 0.2) is 6.61 Å². The molecule has 0 aliphatic carbocycles. The highest BCUT2D eigenvalue weighted by atomic mass is 35.5. The predicted octanol–water partition coefficient (Wildman–Crippen LogP) is 4.20. The molecule has 0 bridgehead atoms. The molecule has 2 aromatic carbocycles. The fraction of sp³-hybridized carbons (Fsp3) is 0.278. The van der Waals surface area contributed by atoms with Crippen LogP contribution in [0.15, 0.2) is 41.3 Å². The maximum atomic E-state index is 13.3. The van der Waals surface area contributed by atoms with Gasteiger partial charge >= 0.3 is 6.18 Å². The molecule has 12 heteroatoms. The molecule has 0 heterocycles. The molecule has 164 valence electrons. The van der Waals surface area contributed by atoms with Gasteiger partial charge < -0.3 is 10.1 Å². The standard InChI is InChI=1S/C18H17ClF4N2O4S/c1-2-7-24-30(27,28)12-4-6-16(14(19)9-12)29-10-17(26)25-11-3-5-15(20)13(8-11)18(21,22)23/h3-6,8-9,24H,2,7,10H2,1H3,(H,25,26). The van der Waals surface area contributed by atoms with Crippen molar-refractivity contribution in [2.24, 2.45) is 0 Å². The van der Waals surface area contributed by atoms with Gasteiger partial charge in [0.2, 0.25) is 10.0 Å². The minimum atomic E-state index is -4.91. The molecule has 0 saturated heterocycles. The first-order valence-electron chi connectivity index (χ1n) is 8.52. The van der Waals surface area contributed by atoms with Crippen molar-refractivity contribution in [3.8, 4) is 5.75 Å². The van der Waals surface area contributed by atoms with Gasteiger partial charge in [-0.25, -0.2) is 17.5 Å². The molecular formula is C18H17ClF4N2O4S. The zero-order chi connectivity index (χ0) is 22.5. The van der Waals surface area contributed by atoms with E-state index in [1.807, 2.05) is 0 Å². The van der Waals surface area contributed by atoms with Crippen LogP contribution in [0, 0.1) is 5.82 Å². The molecule has 30 heavy (non-hydrogen) atoms. The van der Waals surface area contributed by atoms with Crippen LogP contribution in [0.25, 0.3) is 0 Å². The van der Waals surface area contributed by atoms with Crippen LogP contribution in [0.3, 0.4) is 0 Å². The van der Waals surface area contributed by atoms with Crippen LogP contribution < -0.4 is 14.8 Å². The van der Waals surface area contributed by atoms with Crippen molar-refractivity contribution in [3.63, 3.8) is 0 Å². The number of benzene rings is 2. The van der Waals surface area contributed by atoms with Gasteiger partial charge in [0, 0.05) is 12.2 Å². The second-order valence-corrected chi connectivity index (χ2v) is 8.19. The quantitative estimate of drug-likeness (QED) is 0.569. The van der Waals surface area contributed by atoms with Crippen LogP contribution in [0.4, 0.5) is 23.2 Å². The number of hydrogen-bond donors (Lipinski definition) is 2. The van der Waals surface area contributed by atoms with E-state index in [9.17, 15) is 30.8 Å². The van der Waals surface area contributed by atoms with E-state index >= 15 is 0 Å². The van der Waals surface area contributed by atoms with E-state index in [1.165, 1.54) is 12.1 Å². The second kappa shape index (κ2) is 9.63. The normalized spacial score (nSPS) is 11.9. The third-order valence-electron chi connectivity index (χ3n) is 3.67. The van der Waals surface area contributed by atoms with Gasteiger partial charge in [-0.05, 0) is 42.8 Å². The summed E-state index contributed by atoms with van der Waals surface area (Å²) in [6, 6.07) is 5.63. The minimum Gasteiger partial charge on any atom is -0.482 e. The average molecular weight is 469 g/mol. The monoisotopic (exact) mass is 468 g/mol. The molecule has 2 N–H and O–H groups in total. The molecule has 6 nitrogen and oxygen atoms in total. The Bertz CT molecular complexity index is 1030. The van der Waals surface area contributed by atoms with Gasteiger partial charge in [-0.2, -0.15) is 13.2 Å². The van der Waals surface area contributed by atoms with Crippen molar-refractivity contribution < 1.29 is 35.5 Å². The minimum absolute atomic E-state index is 0.00338. The molecule has 0 saturated carbocycles. The van der Waals surface area contributed by atoms with Gasteiger partial charge in [0.25, 0.3) is 5.91 Å². The number of alkyl halides is 3. The van der Waals surface area contributed by atoms with E-state index in [-0.39, 0.29) is 27.9 Å². The molecule has 0 radical (unpaired) electrons. The van der Waals surface area contributed by atoms with Crippen molar-refractivity contribution >= 4 is 33.2 Å². The highest BCUT2D eigenvalue weighted by molar-refractivity contribution is 7.89. The van der Waals surface area contributed by atoms with Crippen LogP contribution in [-0.2, 0) is 21.0 Å². The molecule has 2 aromatic rings. The fourth-order valence-electron chi connectivity index (χ4n) is 2.25. The smallest absolute Gasteiger partial charge is 0.419 e. The van der Waals surface area contributed by atoms with Crippen LogP contribution in [0.5, 0.6) is 5.75 Å². The predicted molar refractivity (Wildman–Crippen MR) is 102 cm³/mol. The lowest BCUT2D eigenvalue weighted by Crippen LogP contribution is -2.24. The number of nitrogens with one attached hydrogen (secondary N) is 2. The van der Waals surface area contributed by atoms with E-state index in [0.29, 0.717) is 18.6 Å². The number of halogens is 5. The third kappa shape index (κ3) is 6.31. The number of carbonyl (C=O) groups excluding carboxylic acids is 1. The van der Waals surface area contributed by atoms with Crippen molar-refractivity contribution in [3.05, 3.63) is 52.8 Å². The molecular weight excluding hydrogens is 452 g/mol. The van der Waals surface area contributed by atoms with Gasteiger partial charge in [0.1, 0.15) is 11.6 Å². The Labute approximate surface area is 175 Å². The van der Waals surface area contributed by atoms with Crippen LogP contribution in [-0.4, -0.2) is 27.5 Å². The van der Waals surface area contributed by atoms with Gasteiger partial charge in [-0.3, -0.25) is 4.79 Å². The summed E-state index contributed by atoms with van der Waals surface area (Å²) < 4.78 is 83.1. The third-order valence-corrected chi connectivity index (χ3v) is 5.42. The fourth-order valence-corrected chi connectivity index (χ4v) is 3.71. The molecule has 0 aromatic heterocycles. The van der Waals surface area contributed by atoms with Crippen molar-refractivity contribution in [1.29, 1.82) is 0 Å². The lowest BCUT2D eigenvalue weighted by Gasteiger charge is -2.12. The Kier molecular flexibility index (Phi) is 7.67. The molecule has 1 amide bonds. The van der Waals surface area contributed by atoms with E-state index in [1.54, 1.807) is 6.92 Å². The highest BCUT2D eigenvalue weighted by Gasteiger charge is 2.34. The number of ether oxygens (including phenoxy) is 1. The van der Waals surface area contributed by atoms with E-state index in [2.05, 4.69) is 10.0 Å². The molecule has 0 atom stereocenters. The maximum Gasteiger partial charge on any atom is 0.419 e. The first-order valence-corrected chi connectivity index (χ1v) is 10.4. The summed E-state index contributed by atoms with van der Waals surface area (Å²) in [6.45, 7) is 1.42. The number of sulfonamides is 1. The summed E-state index contributed by atoms with van der Waals surface area (Å²) >= 11 is 5.99. The van der Waals surface area contributed by atoms with Gasteiger partial charge in [-0.1, -0.05) is 18.5 Å². The highest BCUT2D eigenvalue weighted by Crippen LogP contribution is 2.33. The first kappa shape index (κ1) is 23.9. The van der Waals surface area contributed by atoms with E-state index in [0.717, 1.165) is 12.1 Å². The lowest BCUT2D eigenvalue weighted by atomic mass is 10.2. The Hall–Kier alpha value is -2.37. The van der Waals surface area contributed by atoms with Crippen LogP contribution in [0.2, 0.25) is 5.02 Å². The Morgan fingerprint density at radius 1 is 1.17 bits per heavy atom. The zero-order valence-electron chi connectivity index (χ0n) is 15.5. The van der Waals surface area contributed by atoms with Crippen molar-refractivity contribution in [1.82, 2.24) is 4.72 Å². The summed E-state index contributed by atoms with van der Waals surface area (Å²) in [5.41, 5.74) is -1.79. The molecule has 0 fully saturated rings. The Balaban J connectivity index is 2.03. The number of hydrogen-bond acceptors (Lipinski definition) is 4. The molecule has 0 aliphatic rings. The van der Waals surface area contributed by atoms with Crippen molar-refractivity contribution in [2.45, 2.75) is 24.4 Å². The number of anilines is 1. The first-order chi connectivity index (χ1) is 13.9. The van der Waals surface area contributed by atoms with E-state index < -0.39 is 40.1 Å². The molecule has 0 aliphatic heterocycles. The molecule has 0 unspecified atom stereocenters. The SMILES string of the molecule is CCCNS(=O)(=O)c1ccc(OCC(=O)Nc2ccc(F)c(C(F)(F)F)c2)c(Cl)c1. The van der Waals surface area contributed by atoms with Crippen molar-refractivity contribution in [2.75, 3.05) is 18.5 Å². The average Bonchev–Trinajstić information content (AvgIpc) is 2.66.